The van der Waals surface area contributed by atoms with Crippen molar-refractivity contribution in [3.63, 3.8) is 0 Å². The Balaban J connectivity index is 2.08. The first-order chi connectivity index (χ1) is 8.56. The Labute approximate surface area is 103 Å². The molecule has 0 radical (unpaired) electrons. The number of anilines is 1. The number of rotatable bonds is 4. The van der Waals surface area contributed by atoms with E-state index in [0.717, 1.165) is 11.3 Å². The molecule has 7 nitrogen and oxygen atoms in total. The van der Waals surface area contributed by atoms with Crippen molar-refractivity contribution >= 4 is 11.4 Å². The average molecular weight is 248 g/mol. The van der Waals surface area contributed by atoms with Gasteiger partial charge in [0.25, 0.3) is 5.69 Å². The zero-order valence-corrected chi connectivity index (χ0v) is 10.0. The van der Waals surface area contributed by atoms with Crippen LogP contribution in [0.3, 0.4) is 0 Å². The molecule has 0 amide bonds. The molecular formula is C11H12N4O3. The van der Waals surface area contributed by atoms with Crippen molar-refractivity contribution in [3.8, 4) is 0 Å². The van der Waals surface area contributed by atoms with Crippen molar-refractivity contribution < 1.29 is 9.45 Å². The summed E-state index contributed by atoms with van der Waals surface area (Å²) in [6.07, 6.45) is 0. The third-order valence-corrected chi connectivity index (χ3v) is 2.42. The predicted molar refractivity (Wildman–Crippen MR) is 64.2 cm³/mol. The first kappa shape index (κ1) is 12.0. The topological polar surface area (TPSA) is 94.1 Å². The van der Waals surface area contributed by atoms with Gasteiger partial charge in [-0.25, -0.2) is 0 Å². The molecule has 0 aliphatic rings. The molecule has 0 aliphatic carbocycles. The molecule has 0 atom stereocenters. The number of aromatic nitrogens is 2. The Kier molecular flexibility index (Phi) is 3.22. The van der Waals surface area contributed by atoms with E-state index in [-0.39, 0.29) is 5.69 Å². The lowest BCUT2D eigenvalue weighted by atomic mass is 10.2. The molecule has 2 rings (SSSR count). The molecule has 1 aromatic carbocycles. The van der Waals surface area contributed by atoms with Gasteiger partial charge in [-0.2, -0.15) is 4.98 Å². The van der Waals surface area contributed by atoms with Crippen molar-refractivity contribution in [2.75, 3.05) is 5.32 Å². The maximum absolute atomic E-state index is 10.6. The lowest BCUT2D eigenvalue weighted by molar-refractivity contribution is -0.384. The Hall–Kier alpha value is -2.44. The van der Waals surface area contributed by atoms with Crippen LogP contribution in [0.2, 0.25) is 0 Å². The van der Waals surface area contributed by atoms with E-state index >= 15 is 0 Å². The van der Waals surface area contributed by atoms with Gasteiger partial charge in [0.2, 0.25) is 5.89 Å². The van der Waals surface area contributed by atoms with Gasteiger partial charge < -0.3 is 9.84 Å². The number of nitro benzene ring substituents is 1. The molecule has 0 unspecified atom stereocenters. The molecule has 0 saturated carbocycles. The van der Waals surface area contributed by atoms with Gasteiger partial charge in [-0.1, -0.05) is 5.16 Å². The highest BCUT2D eigenvalue weighted by molar-refractivity contribution is 5.55. The maximum atomic E-state index is 10.6. The Morgan fingerprint density at radius 3 is 2.78 bits per heavy atom. The zero-order chi connectivity index (χ0) is 13.1. The van der Waals surface area contributed by atoms with E-state index in [4.69, 9.17) is 4.52 Å². The molecule has 94 valence electrons. The first-order valence-electron chi connectivity index (χ1n) is 5.34. The lowest BCUT2D eigenvalue weighted by Gasteiger charge is -2.06. The van der Waals surface area contributed by atoms with E-state index < -0.39 is 4.92 Å². The monoisotopic (exact) mass is 248 g/mol. The van der Waals surface area contributed by atoms with Crippen LogP contribution in [0.4, 0.5) is 11.4 Å². The molecule has 7 heteroatoms. The number of benzene rings is 1. The van der Waals surface area contributed by atoms with E-state index in [1.807, 2.05) is 0 Å². The third kappa shape index (κ3) is 2.62. The fourth-order valence-electron chi connectivity index (χ4n) is 1.54. The van der Waals surface area contributed by atoms with Crippen molar-refractivity contribution in [3.05, 3.63) is 45.6 Å². The minimum atomic E-state index is -0.419. The highest BCUT2D eigenvalue weighted by Crippen LogP contribution is 2.21. The molecule has 1 heterocycles. The second-order valence-corrected chi connectivity index (χ2v) is 3.85. The third-order valence-electron chi connectivity index (χ3n) is 2.42. The van der Waals surface area contributed by atoms with Crippen LogP contribution in [0.1, 0.15) is 17.3 Å². The van der Waals surface area contributed by atoms with Crippen LogP contribution in [0, 0.1) is 24.0 Å². The van der Waals surface area contributed by atoms with E-state index in [1.165, 1.54) is 12.1 Å². The van der Waals surface area contributed by atoms with Gasteiger partial charge in [-0.15, -0.1) is 0 Å². The SMILES string of the molecule is Cc1noc(CNc2ccc([N+](=O)[O-])cc2C)n1. The molecule has 0 spiro atoms. The number of non-ortho nitro benzene ring substituents is 1. The van der Waals surface area contributed by atoms with E-state index in [1.54, 1.807) is 19.9 Å². The maximum Gasteiger partial charge on any atom is 0.269 e. The van der Waals surface area contributed by atoms with E-state index in [0.29, 0.717) is 18.3 Å². The summed E-state index contributed by atoms with van der Waals surface area (Å²) >= 11 is 0. The number of hydrogen-bond acceptors (Lipinski definition) is 6. The van der Waals surface area contributed by atoms with Crippen LogP contribution in [0.15, 0.2) is 22.7 Å². The highest BCUT2D eigenvalue weighted by atomic mass is 16.6. The number of hydrogen-bond donors (Lipinski definition) is 1. The van der Waals surface area contributed by atoms with Crippen LogP contribution in [0.5, 0.6) is 0 Å². The molecule has 0 fully saturated rings. The highest BCUT2D eigenvalue weighted by Gasteiger charge is 2.08. The van der Waals surface area contributed by atoms with Crippen molar-refractivity contribution in [1.29, 1.82) is 0 Å². The van der Waals surface area contributed by atoms with Crippen LogP contribution < -0.4 is 5.32 Å². The number of nitrogens with zero attached hydrogens (tertiary/aromatic N) is 3. The van der Waals surface area contributed by atoms with Crippen LogP contribution >= 0.6 is 0 Å². The van der Waals surface area contributed by atoms with Crippen LogP contribution in [0.25, 0.3) is 0 Å². The zero-order valence-electron chi connectivity index (χ0n) is 10.0. The molecule has 0 saturated heterocycles. The Morgan fingerprint density at radius 2 is 2.22 bits per heavy atom. The van der Waals surface area contributed by atoms with E-state index in [2.05, 4.69) is 15.5 Å². The van der Waals surface area contributed by atoms with Gasteiger partial charge >= 0.3 is 0 Å². The fourth-order valence-corrected chi connectivity index (χ4v) is 1.54. The summed E-state index contributed by atoms with van der Waals surface area (Å²) in [6, 6.07) is 4.63. The minimum absolute atomic E-state index is 0.0756. The molecule has 2 aromatic rings. The summed E-state index contributed by atoms with van der Waals surface area (Å²) in [5, 5.41) is 17.4. The van der Waals surface area contributed by atoms with Crippen molar-refractivity contribution in [2.45, 2.75) is 20.4 Å². The standard InChI is InChI=1S/C11H12N4O3/c1-7-5-9(15(16)17)3-4-10(7)12-6-11-13-8(2)14-18-11/h3-5,12H,6H2,1-2H3. The van der Waals surface area contributed by atoms with Crippen LogP contribution in [-0.4, -0.2) is 15.1 Å². The normalized spacial score (nSPS) is 10.3. The second-order valence-electron chi connectivity index (χ2n) is 3.85. The summed E-state index contributed by atoms with van der Waals surface area (Å²) in [7, 11) is 0. The van der Waals surface area contributed by atoms with Crippen LogP contribution in [-0.2, 0) is 6.54 Å². The predicted octanol–water partition coefficient (Wildman–Crippen LogP) is 2.21. The second kappa shape index (κ2) is 4.82. The van der Waals surface area contributed by atoms with Gasteiger partial charge in [0.05, 0.1) is 11.5 Å². The molecular weight excluding hydrogens is 236 g/mol. The minimum Gasteiger partial charge on any atom is -0.376 e. The molecule has 1 aromatic heterocycles. The summed E-state index contributed by atoms with van der Waals surface area (Å²) in [4.78, 5) is 14.2. The van der Waals surface area contributed by atoms with Gasteiger partial charge in [-0.05, 0) is 25.5 Å². The number of nitro groups is 1. The van der Waals surface area contributed by atoms with Crippen molar-refractivity contribution in [1.82, 2.24) is 10.1 Å². The molecule has 18 heavy (non-hydrogen) atoms. The smallest absolute Gasteiger partial charge is 0.269 e. The molecule has 1 N–H and O–H groups in total. The van der Waals surface area contributed by atoms with E-state index in [9.17, 15) is 10.1 Å². The van der Waals surface area contributed by atoms with Crippen molar-refractivity contribution in [2.24, 2.45) is 0 Å². The number of nitrogens with one attached hydrogen (secondary N) is 1. The molecule has 0 bridgehead atoms. The molecule has 0 aliphatic heterocycles. The fraction of sp³-hybridized carbons (Fsp3) is 0.273. The Morgan fingerprint density at radius 1 is 1.44 bits per heavy atom. The summed E-state index contributed by atoms with van der Waals surface area (Å²) < 4.78 is 4.96. The van der Waals surface area contributed by atoms with Gasteiger partial charge in [0.15, 0.2) is 5.82 Å². The number of aryl methyl sites for hydroxylation is 2. The lowest BCUT2D eigenvalue weighted by Crippen LogP contribution is -2.02. The summed E-state index contributed by atoms with van der Waals surface area (Å²) in [5.41, 5.74) is 1.67. The largest absolute Gasteiger partial charge is 0.376 e. The first-order valence-corrected chi connectivity index (χ1v) is 5.34. The summed E-state index contributed by atoms with van der Waals surface area (Å²) in [5.74, 6) is 1.05. The van der Waals surface area contributed by atoms with Gasteiger partial charge in [0, 0.05) is 17.8 Å². The van der Waals surface area contributed by atoms with Gasteiger partial charge in [0.1, 0.15) is 0 Å². The summed E-state index contributed by atoms with van der Waals surface area (Å²) in [6.45, 7) is 3.93. The Bertz CT molecular complexity index is 579. The average Bonchev–Trinajstić information content (AvgIpc) is 2.73. The quantitative estimate of drug-likeness (QED) is 0.658. The van der Waals surface area contributed by atoms with Gasteiger partial charge in [-0.3, -0.25) is 10.1 Å².